The number of nitrogens with one attached hydrogen (secondary N) is 1. The van der Waals surface area contributed by atoms with Crippen molar-refractivity contribution in [3.05, 3.63) is 35.4 Å². The zero-order valence-corrected chi connectivity index (χ0v) is 12.5. The molecular weight excluding hydrogens is 244 g/mol. The van der Waals surface area contributed by atoms with Gasteiger partial charge in [-0.2, -0.15) is 0 Å². The Morgan fingerprint density at radius 3 is 2.35 bits per heavy atom. The Morgan fingerprint density at radius 1 is 1.00 bits per heavy atom. The molecule has 1 aromatic rings. The summed E-state index contributed by atoms with van der Waals surface area (Å²) >= 11 is 0. The average Bonchev–Trinajstić information content (AvgIpc) is 3.32. The number of benzene rings is 1. The topological polar surface area (TPSA) is 38.0 Å². The van der Waals surface area contributed by atoms with Gasteiger partial charge in [-0.25, -0.2) is 0 Å². The first-order chi connectivity index (χ1) is 9.88. The van der Waals surface area contributed by atoms with Gasteiger partial charge in [0.1, 0.15) is 0 Å². The summed E-state index contributed by atoms with van der Waals surface area (Å²) in [4.78, 5) is 0. The summed E-state index contributed by atoms with van der Waals surface area (Å²) in [7, 11) is 0. The van der Waals surface area contributed by atoms with Crippen LogP contribution in [0.4, 0.5) is 0 Å². The van der Waals surface area contributed by atoms with Gasteiger partial charge in [-0.3, -0.25) is 0 Å². The smallest absolute Gasteiger partial charge is 0.0449 e. The van der Waals surface area contributed by atoms with E-state index in [9.17, 15) is 0 Å². The van der Waals surface area contributed by atoms with E-state index in [2.05, 4.69) is 29.6 Å². The van der Waals surface area contributed by atoms with Crippen LogP contribution in [0.2, 0.25) is 0 Å². The zero-order chi connectivity index (χ0) is 13.8. The van der Waals surface area contributed by atoms with Gasteiger partial charge in [0.2, 0.25) is 0 Å². The van der Waals surface area contributed by atoms with Crippen LogP contribution in [-0.2, 0) is 0 Å². The molecule has 2 heteroatoms. The minimum absolute atomic E-state index is 0.342. The molecule has 0 aliphatic heterocycles. The Kier molecular flexibility index (Phi) is 4.74. The molecule has 0 aromatic heterocycles. The maximum absolute atomic E-state index is 6.09. The van der Waals surface area contributed by atoms with Crippen LogP contribution in [0.15, 0.2) is 24.3 Å². The Morgan fingerprint density at radius 2 is 1.70 bits per heavy atom. The molecule has 2 fully saturated rings. The molecule has 0 radical (unpaired) electrons. The Labute approximate surface area is 123 Å². The standard InChI is InChI=1S/C18H28N2/c19-13-18(20-15-7-3-1-2-4-8-15)17-10-6-5-9-16(17)14-11-12-14/h5-6,9-10,14-15,18,20H,1-4,7-8,11-13,19H2. The van der Waals surface area contributed by atoms with Gasteiger partial charge in [0.05, 0.1) is 0 Å². The van der Waals surface area contributed by atoms with Gasteiger partial charge in [-0.1, -0.05) is 49.9 Å². The lowest BCUT2D eigenvalue weighted by Gasteiger charge is -2.26. The summed E-state index contributed by atoms with van der Waals surface area (Å²) in [5, 5.41) is 3.86. The lowest BCUT2D eigenvalue weighted by atomic mass is 9.95. The first kappa shape index (κ1) is 14.1. The van der Waals surface area contributed by atoms with Gasteiger partial charge in [0.15, 0.2) is 0 Å². The van der Waals surface area contributed by atoms with Crippen LogP contribution in [0, 0.1) is 0 Å². The third kappa shape index (κ3) is 3.42. The highest BCUT2D eigenvalue weighted by Crippen LogP contribution is 2.43. The van der Waals surface area contributed by atoms with Gasteiger partial charge in [0.25, 0.3) is 0 Å². The van der Waals surface area contributed by atoms with Crippen LogP contribution in [0.1, 0.15) is 74.5 Å². The van der Waals surface area contributed by atoms with Crippen molar-refractivity contribution in [2.24, 2.45) is 5.73 Å². The first-order valence-electron chi connectivity index (χ1n) is 8.43. The van der Waals surface area contributed by atoms with E-state index in [0.717, 1.165) is 5.92 Å². The molecule has 20 heavy (non-hydrogen) atoms. The first-order valence-corrected chi connectivity index (χ1v) is 8.43. The van der Waals surface area contributed by atoms with Gasteiger partial charge in [-0.05, 0) is 42.7 Å². The van der Waals surface area contributed by atoms with Crippen molar-refractivity contribution in [2.75, 3.05) is 6.54 Å². The summed E-state index contributed by atoms with van der Waals surface area (Å²) in [6, 6.07) is 9.95. The summed E-state index contributed by atoms with van der Waals surface area (Å²) in [5.41, 5.74) is 9.09. The molecule has 0 amide bonds. The fraction of sp³-hybridized carbons (Fsp3) is 0.667. The van der Waals surface area contributed by atoms with E-state index in [1.165, 1.54) is 56.9 Å². The maximum atomic E-state index is 6.09. The van der Waals surface area contributed by atoms with Crippen LogP contribution >= 0.6 is 0 Å². The molecule has 2 saturated carbocycles. The predicted octanol–water partition coefficient (Wildman–Crippen LogP) is 3.88. The molecule has 2 aliphatic rings. The molecule has 2 nitrogen and oxygen atoms in total. The van der Waals surface area contributed by atoms with Gasteiger partial charge in [0, 0.05) is 18.6 Å². The lowest BCUT2D eigenvalue weighted by molar-refractivity contribution is 0.401. The van der Waals surface area contributed by atoms with Crippen molar-refractivity contribution in [2.45, 2.75) is 69.4 Å². The van der Waals surface area contributed by atoms with E-state index in [1.54, 1.807) is 5.56 Å². The van der Waals surface area contributed by atoms with E-state index < -0.39 is 0 Å². The third-order valence-electron chi connectivity index (χ3n) is 4.92. The minimum atomic E-state index is 0.342. The van der Waals surface area contributed by atoms with E-state index in [1.807, 2.05) is 0 Å². The van der Waals surface area contributed by atoms with Gasteiger partial charge in [-0.15, -0.1) is 0 Å². The highest BCUT2D eigenvalue weighted by atomic mass is 15.0. The fourth-order valence-corrected chi connectivity index (χ4v) is 3.61. The van der Waals surface area contributed by atoms with E-state index in [-0.39, 0.29) is 0 Å². The highest BCUT2D eigenvalue weighted by molar-refractivity contribution is 5.35. The van der Waals surface area contributed by atoms with Crippen LogP contribution in [-0.4, -0.2) is 12.6 Å². The fourth-order valence-electron chi connectivity index (χ4n) is 3.61. The lowest BCUT2D eigenvalue weighted by Crippen LogP contribution is -2.37. The van der Waals surface area contributed by atoms with Crippen molar-refractivity contribution < 1.29 is 0 Å². The molecule has 0 heterocycles. The Balaban J connectivity index is 1.72. The Bertz CT molecular complexity index is 417. The van der Waals surface area contributed by atoms with E-state index >= 15 is 0 Å². The van der Waals surface area contributed by atoms with Crippen LogP contribution in [0.3, 0.4) is 0 Å². The monoisotopic (exact) mass is 272 g/mol. The number of rotatable bonds is 5. The molecule has 0 spiro atoms. The normalized spacial score (nSPS) is 22.4. The second-order valence-electron chi connectivity index (χ2n) is 6.55. The van der Waals surface area contributed by atoms with E-state index in [4.69, 9.17) is 5.73 Å². The van der Waals surface area contributed by atoms with Crippen LogP contribution in [0.25, 0.3) is 0 Å². The molecule has 0 saturated heterocycles. The van der Waals surface area contributed by atoms with Gasteiger partial charge < -0.3 is 11.1 Å². The summed E-state index contributed by atoms with van der Waals surface area (Å²) in [6.45, 7) is 0.709. The number of hydrogen-bond acceptors (Lipinski definition) is 2. The number of hydrogen-bond donors (Lipinski definition) is 2. The molecule has 1 aromatic carbocycles. The maximum Gasteiger partial charge on any atom is 0.0449 e. The average molecular weight is 272 g/mol. The minimum Gasteiger partial charge on any atom is -0.329 e. The number of nitrogens with two attached hydrogens (primary N) is 1. The van der Waals surface area contributed by atoms with Crippen molar-refractivity contribution in [3.63, 3.8) is 0 Å². The molecule has 3 N–H and O–H groups in total. The molecule has 110 valence electrons. The molecule has 0 bridgehead atoms. The predicted molar refractivity (Wildman–Crippen MR) is 84.8 cm³/mol. The van der Waals surface area contributed by atoms with Crippen molar-refractivity contribution in [1.29, 1.82) is 0 Å². The van der Waals surface area contributed by atoms with Crippen LogP contribution in [0.5, 0.6) is 0 Å². The zero-order valence-electron chi connectivity index (χ0n) is 12.5. The van der Waals surface area contributed by atoms with Crippen LogP contribution < -0.4 is 11.1 Å². The summed E-state index contributed by atoms with van der Waals surface area (Å²) < 4.78 is 0. The molecule has 2 aliphatic carbocycles. The molecular formula is C18H28N2. The second kappa shape index (κ2) is 6.73. The van der Waals surface area contributed by atoms with Crippen molar-refractivity contribution >= 4 is 0 Å². The van der Waals surface area contributed by atoms with Crippen molar-refractivity contribution in [3.8, 4) is 0 Å². The molecule has 1 atom stereocenters. The summed E-state index contributed by atoms with van der Waals surface area (Å²) in [6.07, 6.45) is 10.9. The third-order valence-corrected chi connectivity index (χ3v) is 4.92. The molecule has 3 rings (SSSR count). The van der Waals surface area contributed by atoms with Crippen molar-refractivity contribution in [1.82, 2.24) is 5.32 Å². The second-order valence-corrected chi connectivity index (χ2v) is 6.55. The quantitative estimate of drug-likeness (QED) is 0.798. The van der Waals surface area contributed by atoms with Gasteiger partial charge >= 0.3 is 0 Å². The Hall–Kier alpha value is -0.860. The highest BCUT2D eigenvalue weighted by Gasteiger charge is 2.28. The largest absolute Gasteiger partial charge is 0.329 e. The molecule has 1 unspecified atom stereocenters. The SMILES string of the molecule is NCC(NC1CCCCCC1)c1ccccc1C1CC1. The summed E-state index contributed by atoms with van der Waals surface area (Å²) in [5.74, 6) is 0.802. The van der Waals surface area contributed by atoms with E-state index in [0.29, 0.717) is 18.6 Å².